The van der Waals surface area contributed by atoms with Crippen LogP contribution >= 0.6 is 0 Å². The third-order valence-corrected chi connectivity index (χ3v) is 7.01. The molecule has 0 saturated carbocycles. The number of nitrogens with zero attached hydrogens (tertiary/aromatic N) is 2. The third kappa shape index (κ3) is 5.41. The van der Waals surface area contributed by atoms with E-state index in [2.05, 4.69) is 32.3 Å². The number of aromatic nitrogens is 2. The molecule has 0 bridgehead atoms. The maximum absolute atomic E-state index is 12.6. The van der Waals surface area contributed by atoms with Crippen LogP contribution in [0.5, 0.6) is 11.5 Å². The van der Waals surface area contributed by atoms with Gasteiger partial charge in [-0.2, -0.15) is 0 Å². The van der Waals surface area contributed by atoms with Gasteiger partial charge in [0, 0.05) is 48.1 Å². The lowest BCUT2D eigenvalue weighted by atomic mass is 9.96. The van der Waals surface area contributed by atoms with Crippen molar-refractivity contribution in [2.24, 2.45) is 0 Å². The molecular weight excluding hydrogens is 508 g/mol. The highest BCUT2D eigenvalue weighted by Gasteiger charge is 2.22. The van der Waals surface area contributed by atoms with Crippen LogP contribution in [0.4, 0.5) is 11.4 Å². The zero-order valence-corrected chi connectivity index (χ0v) is 22.2. The van der Waals surface area contributed by atoms with Gasteiger partial charge in [0.2, 0.25) is 5.56 Å². The minimum atomic E-state index is -0.426. The molecule has 2 aliphatic heterocycles. The Hall–Kier alpha value is -4.63. The van der Waals surface area contributed by atoms with Gasteiger partial charge in [0.1, 0.15) is 17.2 Å². The molecule has 6 rings (SSSR count). The number of aromatic amines is 1. The van der Waals surface area contributed by atoms with Gasteiger partial charge < -0.3 is 29.4 Å². The van der Waals surface area contributed by atoms with Crippen molar-refractivity contribution in [3.05, 3.63) is 99.6 Å². The molecule has 0 amide bonds. The van der Waals surface area contributed by atoms with Crippen LogP contribution < -0.4 is 20.5 Å². The summed E-state index contributed by atoms with van der Waals surface area (Å²) < 4.78 is 16.9. The number of anilines is 2. The molecule has 2 N–H and O–H groups in total. The largest absolute Gasteiger partial charge is 0.461 e. The molecule has 0 unspecified atom stereocenters. The molecule has 0 aliphatic carbocycles. The highest BCUT2D eigenvalue weighted by molar-refractivity contribution is 5.87. The Kier molecular flexibility index (Phi) is 7.20. The maximum Gasteiger partial charge on any atom is 0.356 e. The summed E-state index contributed by atoms with van der Waals surface area (Å²) >= 11 is 0. The fraction of sp³-hybridized carbons (Fsp3) is 0.258. The van der Waals surface area contributed by atoms with Gasteiger partial charge in [-0.05, 0) is 55.0 Å². The second kappa shape index (κ2) is 11.2. The van der Waals surface area contributed by atoms with Crippen molar-refractivity contribution in [1.29, 1.82) is 0 Å². The summed E-state index contributed by atoms with van der Waals surface area (Å²) in [5.41, 5.74) is 6.37. The quantitative estimate of drug-likeness (QED) is 0.286. The van der Waals surface area contributed by atoms with Crippen LogP contribution in [0.15, 0.2) is 71.5 Å². The first kappa shape index (κ1) is 25.6. The van der Waals surface area contributed by atoms with E-state index < -0.39 is 5.97 Å². The van der Waals surface area contributed by atoms with Gasteiger partial charge in [-0.3, -0.25) is 4.79 Å². The van der Waals surface area contributed by atoms with Crippen molar-refractivity contribution in [2.45, 2.75) is 19.9 Å². The molecule has 2 aromatic carbocycles. The van der Waals surface area contributed by atoms with Crippen molar-refractivity contribution in [1.82, 2.24) is 9.97 Å². The number of H-pyrrole nitrogens is 1. The lowest BCUT2D eigenvalue weighted by Gasteiger charge is -2.29. The topological polar surface area (TPSA) is 106 Å². The normalized spacial score (nSPS) is 14.1. The van der Waals surface area contributed by atoms with Crippen molar-refractivity contribution < 1.29 is 19.0 Å². The van der Waals surface area contributed by atoms with E-state index in [4.69, 9.17) is 14.2 Å². The number of carbonyl (C=O) groups is 1. The number of pyridine rings is 2. The number of morpholine rings is 1. The van der Waals surface area contributed by atoms with Gasteiger partial charge >= 0.3 is 5.97 Å². The third-order valence-electron chi connectivity index (χ3n) is 7.01. The molecule has 9 nitrogen and oxygen atoms in total. The minimum Gasteiger partial charge on any atom is -0.461 e. The lowest BCUT2D eigenvalue weighted by molar-refractivity contribution is 0.0519. The Bertz CT molecular complexity index is 1610. The molecule has 0 radical (unpaired) electrons. The molecule has 9 heteroatoms. The van der Waals surface area contributed by atoms with Crippen LogP contribution in [0.25, 0.3) is 11.3 Å². The molecule has 2 aliphatic rings. The van der Waals surface area contributed by atoms with E-state index in [0.717, 1.165) is 64.0 Å². The predicted molar refractivity (Wildman–Crippen MR) is 152 cm³/mol. The van der Waals surface area contributed by atoms with Gasteiger partial charge in [-0.15, -0.1) is 0 Å². The number of ether oxygens (including phenoxy) is 3. The smallest absolute Gasteiger partial charge is 0.356 e. The SMILES string of the molecule is CCOC(=O)c1cccc(CNc2ccc3c(c2)Cc2cccc(-c4cc(N5CCOCC5)cc(=O)[nH]4)c2O3)n1. The fourth-order valence-electron chi connectivity index (χ4n) is 5.07. The van der Waals surface area contributed by atoms with Crippen molar-refractivity contribution in [2.75, 3.05) is 43.1 Å². The summed E-state index contributed by atoms with van der Waals surface area (Å²) in [7, 11) is 0. The van der Waals surface area contributed by atoms with E-state index >= 15 is 0 Å². The first-order valence-electron chi connectivity index (χ1n) is 13.4. The Morgan fingerprint density at radius 3 is 2.75 bits per heavy atom. The van der Waals surface area contributed by atoms with Gasteiger partial charge in [0.15, 0.2) is 0 Å². The number of nitrogens with one attached hydrogen (secondary N) is 2. The van der Waals surface area contributed by atoms with Crippen LogP contribution in [0.1, 0.15) is 34.2 Å². The van der Waals surface area contributed by atoms with Crippen LogP contribution in [-0.2, 0) is 22.4 Å². The highest BCUT2D eigenvalue weighted by atomic mass is 16.5. The lowest BCUT2D eigenvalue weighted by Crippen LogP contribution is -2.36. The summed E-state index contributed by atoms with van der Waals surface area (Å²) in [5, 5.41) is 3.39. The van der Waals surface area contributed by atoms with Crippen LogP contribution in [0, 0.1) is 0 Å². The molecule has 1 saturated heterocycles. The molecule has 0 atom stereocenters. The van der Waals surface area contributed by atoms with Crippen LogP contribution in [-0.4, -0.2) is 48.8 Å². The Balaban J connectivity index is 1.21. The van der Waals surface area contributed by atoms with E-state index in [1.54, 1.807) is 25.1 Å². The Morgan fingerprint density at radius 1 is 1.05 bits per heavy atom. The molecule has 204 valence electrons. The summed E-state index contributed by atoms with van der Waals surface area (Å²) in [4.78, 5) is 34.2. The van der Waals surface area contributed by atoms with Gasteiger partial charge in [-0.25, -0.2) is 9.78 Å². The molecule has 0 spiro atoms. The number of hydrogen-bond donors (Lipinski definition) is 2. The standard InChI is InChI=1S/C31H30N4O5/c1-2-39-31(37)26-8-4-6-23(33-26)19-32-22-9-10-28-21(16-22)15-20-5-3-7-25(30(20)40-28)27-17-24(18-29(36)34-27)35-11-13-38-14-12-35/h3-10,16-18,32H,2,11-15,19H2,1H3,(H,34,36). The molecule has 2 aromatic heterocycles. The summed E-state index contributed by atoms with van der Waals surface area (Å²) in [6.45, 7) is 5.34. The number of fused-ring (bicyclic) bond motifs is 2. The van der Waals surface area contributed by atoms with Crippen molar-refractivity contribution >= 4 is 17.3 Å². The molecule has 4 heterocycles. The zero-order chi connectivity index (χ0) is 27.5. The van der Waals surface area contributed by atoms with E-state index in [0.29, 0.717) is 38.5 Å². The second-order valence-corrected chi connectivity index (χ2v) is 9.70. The number of carbonyl (C=O) groups excluding carboxylic acids is 1. The monoisotopic (exact) mass is 538 g/mol. The van der Waals surface area contributed by atoms with Gasteiger partial charge in [-0.1, -0.05) is 18.2 Å². The molecular formula is C31H30N4O5. The fourth-order valence-corrected chi connectivity index (χ4v) is 5.07. The molecule has 4 aromatic rings. The predicted octanol–water partition coefficient (Wildman–Crippen LogP) is 4.76. The maximum atomic E-state index is 12.6. The summed E-state index contributed by atoms with van der Waals surface area (Å²) in [5.74, 6) is 1.11. The number of rotatable bonds is 7. The number of esters is 1. The summed E-state index contributed by atoms with van der Waals surface area (Å²) in [6.07, 6.45) is 0.692. The second-order valence-electron chi connectivity index (χ2n) is 9.70. The van der Waals surface area contributed by atoms with Gasteiger partial charge in [0.05, 0.1) is 37.8 Å². The average molecular weight is 539 g/mol. The first-order valence-corrected chi connectivity index (χ1v) is 13.4. The zero-order valence-electron chi connectivity index (χ0n) is 22.2. The van der Waals surface area contributed by atoms with E-state index in [1.807, 2.05) is 36.4 Å². The van der Waals surface area contributed by atoms with E-state index in [-0.39, 0.29) is 5.56 Å². The first-order chi connectivity index (χ1) is 19.6. The number of benzene rings is 2. The average Bonchev–Trinajstić information content (AvgIpc) is 2.99. The number of hydrogen-bond acceptors (Lipinski definition) is 8. The van der Waals surface area contributed by atoms with Crippen LogP contribution in [0.3, 0.4) is 0 Å². The Morgan fingerprint density at radius 2 is 1.90 bits per heavy atom. The Labute approximate surface area is 231 Å². The minimum absolute atomic E-state index is 0.147. The molecule has 40 heavy (non-hydrogen) atoms. The van der Waals surface area contributed by atoms with Crippen LogP contribution in [0.2, 0.25) is 0 Å². The van der Waals surface area contributed by atoms with Gasteiger partial charge in [0.25, 0.3) is 0 Å². The van der Waals surface area contributed by atoms with Crippen molar-refractivity contribution in [3.8, 4) is 22.8 Å². The van der Waals surface area contributed by atoms with Crippen molar-refractivity contribution in [3.63, 3.8) is 0 Å². The van der Waals surface area contributed by atoms with E-state index in [9.17, 15) is 9.59 Å². The summed E-state index contributed by atoms with van der Waals surface area (Å²) in [6, 6.07) is 21.0. The highest BCUT2D eigenvalue weighted by Crippen LogP contribution is 2.43. The number of para-hydroxylation sites is 1. The molecule has 1 fully saturated rings. The van der Waals surface area contributed by atoms with E-state index in [1.165, 1.54) is 0 Å².